The van der Waals surface area contributed by atoms with E-state index < -0.39 is 7.79 Å². The molecule has 0 saturated carbocycles. The van der Waals surface area contributed by atoms with E-state index >= 15 is 0 Å². The van der Waals surface area contributed by atoms with Crippen molar-refractivity contribution in [1.29, 1.82) is 0 Å². The van der Waals surface area contributed by atoms with E-state index in [2.05, 4.69) is 9.34 Å². The van der Waals surface area contributed by atoms with E-state index in [0.717, 1.165) is 30.0 Å². The first-order chi connectivity index (χ1) is 14.1. The molecule has 3 aromatic carbocycles. The van der Waals surface area contributed by atoms with Gasteiger partial charge in [0.1, 0.15) is 0 Å². The molecule has 150 valence electrons. The van der Waals surface area contributed by atoms with Gasteiger partial charge in [0.05, 0.1) is 0 Å². The van der Waals surface area contributed by atoms with Crippen molar-refractivity contribution in [2.75, 3.05) is 22.4 Å². The first-order valence-corrected chi connectivity index (χ1v) is 11.9. The molecule has 1 fully saturated rings. The summed E-state index contributed by atoms with van der Waals surface area (Å²) >= 11 is 0. The number of carbonyl (C=O) groups is 1. The van der Waals surface area contributed by atoms with E-state index in [1.165, 1.54) is 0 Å². The summed E-state index contributed by atoms with van der Waals surface area (Å²) in [6.45, 7) is 3.06. The molecule has 1 saturated heterocycles. The standard InChI is InChI=1S/C24H27N2O2P/c1-20(27)19-24(21-11-5-2-6-12-21)29(28)25(22-13-7-3-8-14-22)17-18-26(29)23-15-9-4-10-16-23/h2-16,24,28-29H,17-19H2,1H3. The predicted molar refractivity (Wildman–Crippen MR) is 123 cm³/mol. The number of rotatable bonds is 6. The van der Waals surface area contributed by atoms with Gasteiger partial charge in [-0.05, 0) is 0 Å². The van der Waals surface area contributed by atoms with Gasteiger partial charge in [-0.2, -0.15) is 0 Å². The first-order valence-electron chi connectivity index (χ1n) is 10.0. The van der Waals surface area contributed by atoms with E-state index in [1.54, 1.807) is 6.92 Å². The Morgan fingerprint density at radius 2 is 1.24 bits per heavy atom. The van der Waals surface area contributed by atoms with Crippen LogP contribution in [0.5, 0.6) is 0 Å². The minimum atomic E-state index is -3.31. The van der Waals surface area contributed by atoms with Gasteiger partial charge in [0, 0.05) is 0 Å². The van der Waals surface area contributed by atoms with Crippen LogP contribution in [0.3, 0.4) is 0 Å². The minimum absolute atomic E-state index is 0.0905. The average Bonchev–Trinajstić information content (AvgIpc) is 3.11. The number of hydrogen-bond donors (Lipinski definition) is 1. The van der Waals surface area contributed by atoms with E-state index in [9.17, 15) is 9.69 Å². The van der Waals surface area contributed by atoms with Gasteiger partial charge >= 0.3 is 173 Å². The molecule has 1 N–H and O–H groups in total. The van der Waals surface area contributed by atoms with Gasteiger partial charge in [0.25, 0.3) is 0 Å². The van der Waals surface area contributed by atoms with Gasteiger partial charge < -0.3 is 0 Å². The molecule has 0 aliphatic carbocycles. The Hall–Kier alpha value is -2.68. The number of Topliss-reactive ketones (excluding diaryl/α,β-unsaturated/α-hetero) is 1. The van der Waals surface area contributed by atoms with Gasteiger partial charge in [-0.15, -0.1) is 0 Å². The maximum absolute atomic E-state index is 12.5. The molecule has 0 spiro atoms. The van der Waals surface area contributed by atoms with Crippen LogP contribution in [-0.2, 0) is 4.79 Å². The topological polar surface area (TPSA) is 43.8 Å². The molecule has 1 atom stereocenters. The van der Waals surface area contributed by atoms with E-state index in [4.69, 9.17) is 0 Å². The van der Waals surface area contributed by atoms with Crippen LogP contribution in [0.15, 0.2) is 91.0 Å². The van der Waals surface area contributed by atoms with Crippen LogP contribution in [0, 0.1) is 0 Å². The summed E-state index contributed by atoms with van der Waals surface area (Å²) in [5, 5.41) is 0. The average molecular weight is 406 g/mol. The zero-order valence-corrected chi connectivity index (χ0v) is 17.6. The van der Waals surface area contributed by atoms with Crippen LogP contribution in [0.4, 0.5) is 11.4 Å². The van der Waals surface area contributed by atoms with E-state index in [0.29, 0.717) is 6.42 Å². The fourth-order valence-corrected chi connectivity index (χ4v) is 8.52. The molecule has 4 nitrogen and oxygen atoms in total. The molecule has 0 amide bonds. The van der Waals surface area contributed by atoms with Crippen LogP contribution in [0.2, 0.25) is 0 Å². The summed E-state index contributed by atoms with van der Waals surface area (Å²) in [5.74, 6) is 0.0905. The molecule has 1 unspecified atom stereocenters. The van der Waals surface area contributed by atoms with E-state index in [1.807, 2.05) is 91.0 Å². The zero-order valence-electron chi connectivity index (χ0n) is 16.6. The first kappa shape index (κ1) is 19.6. The number of nitrogens with zero attached hydrogens (tertiary/aromatic N) is 2. The third-order valence-electron chi connectivity index (χ3n) is 5.64. The van der Waals surface area contributed by atoms with Gasteiger partial charge in [-0.3, -0.25) is 0 Å². The Morgan fingerprint density at radius 3 is 1.66 bits per heavy atom. The van der Waals surface area contributed by atoms with Crippen molar-refractivity contribution in [1.82, 2.24) is 0 Å². The second kappa shape index (κ2) is 8.36. The Balaban J connectivity index is 1.87. The van der Waals surface area contributed by atoms with Crippen LogP contribution in [-0.4, -0.2) is 23.8 Å². The summed E-state index contributed by atoms with van der Waals surface area (Å²) in [6.07, 6.45) is 0.319. The molecule has 29 heavy (non-hydrogen) atoms. The third-order valence-corrected chi connectivity index (χ3v) is 9.66. The van der Waals surface area contributed by atoms with Crippen molar-refractivity contribution >= 4 is 24.9 Å². The predicted octanol–water partition coefficient (Wildman–Crippen LogP) is 5.22. The van der Waals surface area contributed by atoms with Crippen LogP contribution in [0.1, 0.15) is 24.6 Å². The normalized spacial score (nSPS) is 17.7. The van der Waals surface area contributed by atoms with Crippen molar-refractivity contribution in [3.05, 3.63) is 96.6 Å². The molecular formula is C24H27N2O2P. The molecule has 0 radical (unpaired) electrons. The molecule has 1 aliphatic rings. The third kappa shape index (κ3) is 3.78. The summed E-state index contributed by atoms with van der Waals surface area (Å²) in [6, 6.07) is 30.1. The van der Waals surface area contributed by atoms with Crippen molar-refractivity contribution in [3.63, 3.8) is 0 Å². The molecule has 1 aliphatic heterocycles. The second-order valence-electron chi connectivity index (χ2n) is 7.53. The van der Waals surface area contributed by atoms with E-state index in [-0.39, 0.29) is 11.4 Å². The number of ketones is 1. The number of benzene rings is 3. The summed E-state index contributed by atoms with van der Waals surface area (Å²) in [7, 11) is -3.31. The molecule has 0 aromatic heterocycles. The number of hydrogen-bond acceptors (Lipinski definition) is 4. The fourth-order valence-electron chi connectivity index (χ4n) is 4.36. The molecule has 1 heterocycles. The number of carbonyl (C=O) groups excluding carboxylic acids is 1. The molecule has 3 aromatic rings. The Morgan fingerprint density at radius 1 is 0.828 bits per heavy atom. The molecule has 4 rings (SSSR count). The summed E-state index contributed by atoms with van der Waals surface area (Å²) < 4.78 is 4.33. The van der Waals surface area contributed by atoms with Crippen LogP contribution in [0.25, 0.3) is 0 Å². The zero-order chi connectivity index (χ0) is 20.3. The van der Waals surface area contributed by atoms with Crippen molar-refractivity contribution < 1.29 is 9.69 Å². The summed E-state index contributed by atoms with van der Waals surface area (Å²) in [4.78, 5) is 24.8. The Kier molecular flexibility index (Phi) is 5.66. The van der Waals surface area contributed by atoms with Gasteiger partial charge in [0.15, 0.2) is 0 Å². The molecule has 5 heteroatoms. The number of para-hydroxylation sites is 2. The van der Waals surface area contributed by atoms with Crippen molar-refractivity contribution in [3.8, 4) is 0 Å². The van der Waals surface area contributed by atoms with Gasteiger partial charge in [-0.25, -0.2) is 0 Å². The molecule has 0 bridgehead atoms. The van der Waals surface area contributed by atoms with Crippen molar-refractivity contribution in [2.45, 2.75) is 19.0 Å². The quantitative estimate of drug-likeness (QED) is 0.570. The Bertz CT molecular complexity index is 903. The second-order valence-corrected chi connectivity index (χ2v) is 10.7. The van der Waals surface area contributed by atoms with Crippen molar-refractivity contribution in [2.24, 2.45) is 0 Å². The van der Waals surface area contributed by atoms with Crippen LogP contribution >= 0.6 is 7.79 Å². The fraction of sp³-hybridized carbons (Fsp3) is 0.208. The number of anilines is 2. The summed E-state index contributed by atoms with van der Waals surface area (Å²) in [5.41, 5.74) is 2.76. The monoisotopic (exact) mass is 406 g/mol. The SMILES string of the molecule is CC(=O)CC(c1ccccc1)[PH]1(O)N(c2ccccc2)CCN1c1ccccc1. The Labute approximate surface area is 172 Å². The van der Waals surface area contributed by atoms with Crippen LogP contribution < -0.4 is 9.34 Å². The molecular weight excluding hydrogens is 379 g/mol. The maximum atomic E-state index is 12.5. The van der Waals surface area contributed by atoms with Gasteiger partial charge in [-0.1, -0.05) is 0 Å². The van der Waals surface area contributed by atoms with Gasteiger partial charge in [0.2, 0.25) is 0 Å².